The molecule has 0 aliphatic heterocycles. The number of nitrogens with two attached hydrogens (primary N) is 1. The van der Waals surface area contributed by atoms with Crippen molar-refractivity contribution in [2.45, 2.75) is 39.2 Å². The fraction of sp³-hybridized carbons (Fsp3) is 0.400. The molecule has 1 heterocycles. The second kappa shape index (κ2) is 4.94. The number of H-pyrrole nitrogens is 1. The number of aryl methyl sites for hydroxylation is 1. The molecule has 0 saturated carbocycles. The Balaban J connectivity index is 2.36. The molecule has 18 heavy (non-hydrogen) atoms. The third-order valence-corrected chi connectivity index (χ3v) is 3.64. The van der Waals surface area contributed by atoms with Crippen LogP contribution in [-0.4, -0.2) is 9.97 Å². The van der Waals surface area contributed by atoms with Crippen LogP contribution in [0.25, 0.3) is 11.3 Å². The Labute approximate surface area is 108 Å². The Hall–Kier alpha value is -1.61. The average molecular weight is 243 g/mol. The molecule has 0 unspecified atom stereocenters. The summed E-state index contributed by atoms with van der Waals surface area (Å²) in [5.74, 6) is 0.879. The van der Waals surface area contributed by atoms with Gasteiger partial charge in [0.15, 0.2) is 0 Å². The number of benzene rings is 1. The van der Waals surface area contributed by atoms with Gasteiger partial charge >= 0.3 is 0 Å². The summed E-state index contributed by atoms with van der Waals surface area (Å²) in [5, 5.41) is 0. The van der Waals surface area contributed by atoms with Crippen LogP contribution in [0.4, 0.5) is 0 Å². The monoisotopic (exact) mass is 243 g/mol. The lowest BCUT2D eigenvalue weighted by molar-refractivity contribution is 0.391. The zero-order valence-electron chi connectivity index (χ0n) is 11.3. The molecule has 0 fully saturated rings. The molecule has 2 rings (SSSR count). The molecule has 3 nitrogen and oxygen atoms in total. The van der Waals surface area contributed by atoms with Gasteiger partial charge in [0.2, 0.25) is 0 Å². The van der Waals surface area contributed by atoms with Crippen molar-refractivity contribution in [2.24, 2.45) is 5.73 Å². The molecular weight excluding hydrogens is 222 g/mol. The summed E-state index contributed by atoms with van der Waals surface area (Å²) >= 11 is 0. The van der Waals surface area contributed by atoms with Crippen LogP contribution in [0, 0.1) is 6.92 Å². The highest BCUT2D eigenvalue weighted by atomic mass is 15.0. The van der Waals surface area contributed by atoms with E-state index in [1.807, 2.05) is 6.20 Å². The van der Waals surface area contributed by atoms with E-state index in [4.69, 9.17) is 5.73 Å². The Morgan fingerprint density at radius 3 is 2.61 bits per heavy atom. The predicted octanol–water partition coefficient (Wildman–Crippen LogP) is 3.36. The summed E-state index contributed by atoms with van der Waals surface area (Å²) in [7, 11) is 0. The van der Waals surface area contributed by atoms with E-state index in [9.17, 15) is 0 Å². The molecule has 3 heteroatoms. The van der Waals surface area contributed by atoms with Crippen molar-refractivity contribution >= 4 is 0 Å². The van der Waals surface area contributed by atoms with E-state index in [0.717, 1.165) is 29.9 Å². The molecule has 2 aromatic rings. The van der Waals surface area contributed by atoms with Crippen LogP contribution >= 0.6 is 0 Å². The Morgan fingerprint density at radius 2 is 2.00 bits per heavy atom. The molecule has 96 valence electrons. The summed E-state index contributed by atoms with van der Waals surface area (Å²) < 4.78 is 0. The highest BCUT2D eigenvalue weighted by Gasteiger charge is 2.26. The van der Waals surface area contributed by atoms with Crippen LogP contribution in [-0.2, 0) is 5.54 Å². The number of aromatic nitrogens is 2. The van der Waals surface area contributed by atoms with Crippen LogP contribution in [0.5, 0.6) is 0 Å². The van der Waals surface area contributed by atoms with Crippen molar-refractivity contribution in [1.29, 1.82) is 0 Å². The van der Waals surface area contributed by atoms with E-state index in [0.29, 0.717) is 0 Å². The Bertz CT molecular complexity index is 524. The second-order valence-electron chi connectivity index (χ2n) is 4.88. The number of hydrogen-bond donors (Lipinski definition) is 2. The normalized spacial score (nSPS) is 11.8. The van der Waals surface area contributed by atoms with Gasteiger partial charge < -0.3 is 10.7 Å². The minimum atomic E-state index is -0.345. The minimum Gasteiger partial charge on any atom is -0.340 e. The van der Waals surface area contributed by atoms with E-state index in [2.05, 4.69) is 55.0 Å². The first-order valence-corrected chi connectivity index (χ1v) is 6.50. The van der Waals surface area contributed by atoms with Gasteiger partial charge in [-0.25, -0.2) is 4.98 Å². The number of nitrogens with one attached hydrogen (secondary N) is 1. The topological polar surface area (TPSA) is 54.7 Å². The van der Waals surface area contributed by atoms with Gasteiger partial charge in [-0.1, -0.05) is 37.6 Å². The largest absolute Gasteiger partial charge is 0.340 e. The zero-order chi connectivity index (χ0) is 13.2. The standard InChI is InChI=1S/C15H21N3/c1-4-15(16,5-2)14-17-10-13(18-14)12-8-6-7-11(3)9-12/h6-10H,4-5,16H2,1-3H3,(H,17,18). The van der Waals surface area contributed by atoms with Gasteiger partial charge in [-0.15, -0.1) is 0 Å². The fourth-order valence-corrected chi connectivity index (χ4v) is 2.12. The molecule has 0 amide bonds. The van der Waals surface area contributed by atoms with Gasteiger partial charge in [-0.3, -0.25) is 0 Å². The van der Waals surface area contributed by atoms with Gasteiger partial charge in [0.05, 0.1) is 17.4 Å². The predicted molar refractivity (Wildman–Crippen MR) is 75.2 cm³/mol. The summed E-state index contributed by atoms with van der Waals surface area (Å²) in [6.07, 6.45) is 3.63. The van der Waals surface area contributed by atoms with Gasteiger partial charge in [0, 0.05) is 0 Å². The van der Waals surface area contributed by atoms with Crippen LogP contribution in [0.1, 0.15) is 38.1 Å². The maximum absolute atomic E-state index is 6.35. The molecule has 0 atom stereocenters. The second-order valence-corrected chi connectivity index (χ2v) is 4.88. The van der Waals surface area contributed by atoms with Crippen LogP contribution in [0.15, 0.2) is 30.5 Å². The molecule has 0 aliphatic rings. The molecule has 0 radical (unpaired) electrons. The molecule has 0 saturated heterocycles. The van der Waals surface area contributed by atoms with E-state index < -0.39 is 0 Å². The molecule has 0 aliphatic carbocycles. The number of hydrogen-bond acceptors (Lipinski definition) is 2. The Kier molecular flexibility index (Phi) is 3.53. The molecular formula is C15H21N3. The minimum absolute atomic E-state index is 0.345. The maximum atomic E-state index is 6.35. The smallest absolute Gasteiger partial charge is 0.126 e. The van der Waals surface area contributed by atoms with Gasteiger partial charge in [-0.05, 0) is 31.4 Å². The van der Waals surface area contributed by atoms with Crippen molar-refractivity contribution in [3.8, 4) is 11.3 Å². The number of rotatable bonds is 4. The SMILES string of the molecule is CCC(N)(CC)c1ncc(-c2cccc(C)c2)[nH]1. The van der Waals surface area contributed by atoms with E-state index in [-0.39, 0.29) is 5.54 Å². The highest BCUT2D eigenvalue weighted by molar-refractivity contribution is 5.59. The highest BCUT2D eigenvalue weighted by Crippen LogP contribution is 2.26. The lowest BCUT2D eigenvalue weighted by Crippen LogP contribution is -2.36. The number of nitrogens with zero attached hydrogens (tertiary/aromatic N) is 1. The first-order valence-electron chi connectivity index (χ1n) is 6.50. The van der Waals surface area contributed by atoms with Gasteiger partial charge in [0.1, 0.15) is 5.82 Å². The van der Waals surface area contributed by atoms with Crippen molar-refractivity contribution < 1.29 is 0 Å². The Morgan fingerprint density at radius 1 is 1.28 bits per heavy atom. The van der Waals surface area contributed by atoms with E-state index in [1.54, 1.807) is 0 Å². The molecule has 3 N–H and O–H groups in total. The lowest BCUT2D eigenvalue weighted by Gasteiger charge is -2.23. The quantitative estimate of drug-likeness (QED) is 0.865. The summed E-state index contributed by atoms with van der Waals surface area (Å²) in [5.41, 5.74) is 9.43. The first-order chi connectivity index (χ1) is 8.59. The van der Waals surface area contributed by atoms with Gasteiger partial charge in [-0.2, -0.15) is 0 Å². The third kappa shape index (κ3) is 2.31. The number of aromatic amines is 1. The third-order valence-electron chi connectivity index (χ3n) is 3.64. The molecule has 1 aromatic carbocycles. The fourth-order valence-electron chi connectivity index (χ4n) is 2.12. The van der Waals surface area contributed by atoms with Crippen molar-refractivity contribution in [2.75, 3.05) is 0 Å². The molecule has 1 aromatic heterocycles. The molecule has 0 bridgehead atoms. The summed E-state index contributed by atoms with van der Waals surface area (Å²) in [4.78, 5) is 7.82. The van der Waals surface area contributed by atoms with Crippen molar-refractivity contribution in [1.82, 2.24) is 9.97 Å². The van der Waals surface area contributed by atoms with Crippen molar-refractivity contribution in [3.63, 3.8) is 0 Å². The number of imidazole rings is 1. The van der Waals surface area contributed by atoms with Gasteiger partial charge in [0.25, 0.3) is 0 Å². The maximum Gasteiger partial charge on any atom is 0.126 e. The van der Waals surface area contributed by atoms with E-state index >= 15 is 0 Å². The van der Waals surface area contributed by atoms with Crippen LogP contribution in [0.2, 0.25) is 0 Å². The summed E-state index contributed by atoms with van der Waals surface area (Å²) in [6, 6.07) is 8.38. The van der Waals surface area contributed by atoms with Crippen LogP contribution in [0.3, 0.4) is 0 Å². The first kappa shape index (κ1) is 12.8. The zero-order valence-corrected chi connectivity index (χ0v) is 11.3. The van der Waals surface area contributed by atoms with Crippen molar-refractivity contribution in [3.05, 3.63) is 41.9 Å². The lowest BCUT2D eigenvalue weighted by atomic mass is 9.93. The summed E-state index contributed by atoms with van der Waals surface area (Å²) in [6.45, 7) is 6.28. The van der Waals surface area contributed by atoms with Crippen LogP contribution < -0.4 is 5.73 Å². The molecule has 0 spiro atoms. The average Bonchev–Trinajstić information content (AvgIpc) is 2.88. The van der Waals surface area contributed by atoms with E-state index in [1.165, 1.54) is 5.56 Å².